The van der Waals surface area contributed by atoms with Gasteiger partial charge in [0.2, 0.25) is 0 Å². The van der Waals surface area contributed by atoms with Crippen molar-refractivity contribution in [1.29, 1.82) is 0 Å². The normalized spacial score (nSPS) is 10.1. The topological polar surface area (TPSA) is 79.5 Å². The van der Waals surface area contributed by atoms with E-state index in [1.54, 1.807) is 30.3 Å². The number of ether oxygens (including phenoxy) is 1. The van der Waals surface area contributed by atoms with Crippen LogP contribution >= 0.6 is 46.4 Å². The fraction of sp³-hybridized carbons (Fsp3) is 0.167. The van der Waals surface area contributed by atoms with Gasteiger partial charge in [0.25, 0.3) is 11.8 Å². The summed E-state index contributed by atoms with van der Waals surface area (Å²) in [6, 6.07) is 10.4. The number of carbonyl (C=O) groups is 2. The maximum absolute atomic E-state index is 12.1. The third-order valence-electron chi connectivity index (χ3n) is 3.48. The third kappa shape index (κ3) is 6.64. The van der Waals surface area contributed by atoms with E-state index < -0.39 is 5.91 Å². The molecule has 3 N–H and O–H groups in total. The molecule has 0 aliphatic rings. The van der Waals surface area contributed by atoms with Crippen molar-refractivity contribution in [2.24, 2.45) is 0 Å². The zero-order chi connectivity index (χ0) is 20.0. The van der Waals surface area contributed by atoms with Crippen LogP contribution in [0.25, 0.3) is 0 Å². The maximum Gasteiger partial charge on any atom is 0.276 e. The van der Waals surface area contributed by atoms with Crippen LogP contribution in [0.2, 0.25) is 5.02 Å². The van der Waals surface area contributed by atoms with E-state index in [9.17, 15) is 9.59 Å². The molecule has 0 aromatic heterocycles. The molecule has 2 aromatic carbocycles. The summed E-state index contributed by atoms with van der Waals surface area (Å²) in [6.07, 6.45) is 0. The number of halogens is 2. The average Bonchev–Trinajstić information content (AvgIpc) is 2.63. The third-order valence-corrected chi connectivity index (χ3v) is 5.27. The molecule has 27 heavy (non-hydrogen) atoms. The van der Waals surface area contributed by atoms with Crippen LogP contribution in [0.4, 0.5) is 0 Å². The van der Waals surface area contributed by atoms with Crippen molar-refractivity contribution >= 4 is 63.3 Å². The van der Waals surface area contributed by atoms with Gasteiger partial charge in [0.05, 0.1) is 0 Å². The summed E-state index contributed by atoms with van der Waals surface area (Å²) >= 11 is 13.1. The van der Waals surface area contributed by atoms with Crippen LogP contribution in [-0.4, -0.2) is 23.5 Å². The zero-order valence-corrected chi connectivity index (χ0v) is 18.3. The number of hydrogen-bond donors (Lipinski definition) is 3. The highest BCUT2D eigenvalue weighted by molar-refractivity contribution is 14.1. The molecule has 2 rings (SSSR count). The Hall–Kier alpha value is -1.91. The smallest absolute Gasteiger partial charge is 0.276 e. The van der Waals surface area contributed by atoms with Gasteiger partial charge in [0.15, 0.2) is 11.7 Å². The van der Waals surface area contributed by atoms with E-state index >= 15 is 0 Å². The molecule has 0 heterocycles. The van der Waals surface area contributed by atoms with Crippen molar-refractivity contribution in [3.63, 3.8) is 0 Å². The number of nitrogens with one attached hydrogen (secondary N) is 3. The summed E-state index contributed by atoms with van der Waals surface area (Å²) < 4.78 is 6.34. The van der Waals surface area contributed by atoms with Crippen LogP contribution in [0.5, 0.6) is 5.75 Å². The second kappa shape index (κ2) is 9.86. The summed E-state index contributed by atoms with van der Waals surface area (Å²) in [7, 11) is 0. The lowest BCUT2D eigenvalue weighted by atomic mass is 10.1. The molecule has 0 aliphatic heterocycles. The van der Waals surface area contributed by atoms with Gasteiger partial charge in [-0.2, -0.15) is 0 Å². The Balaban J connectivity index is 1.77. The van der Waals surface area contributed by atoms with Crippen LogP contribution < -0.4 is 20.9 Å². The predicted molar refractivity (Wildman–Crippen MR) is 117 cm³/mol. The van der Waals surface area contributed by atoms with Gasteiger partial charge in [-0.15, -0.1) is 0 Å². The van der Waals surface area contributed by atoms with Crippen LogP contribution in [0.15, 0.2) is 36.4 Å². The number of amides is 2. The number of benzene rings is 2. The number of hydrazine groups is 1. The van der Waals surface area contributed by atoms with Crippen molar-refractivity contribution < 1.29 is 14.3 Å². The summed E-state index contributed by atoms with van der Waals surface area (Å²) in [5, 5.41) is 3.09. The largest absolute Gasteiger partial charge is 0.484 e. The lowest BCUT2D eigenvalue weighted by Crippen LogP contribution is -2.49. The van der Waals surface area contributed by atoms with Gasteiger partial charge in [-0.25, -0.2) is 0 Å². The van der Waals surface area contributed by atoms with Crippen molar-refractivity contribution in [3.05, 3.63) is 61.7 Å². The zero-order valence-electron chi connectivity index (χ0n) is 14.6. The van der Waals surface area contributed by atoms with Gasteiger partial charge < -0.3 is 4.74 Å². The number of rotatable bonds is 4. The molecular formula is C18H17ClIN3O3S. The molecule has 0 atom stereocenters. The molecule has 0 bridgehead atoms. The van der Waals surface area contributed by atoms with Crippen LogP contribution in [0.3, 0.4) is 0 Å². The van der Waals surface area contributed by atoms with Crippen LogP contribution in [0.1, 0.15) is 21.5 Å². The van der Waals surface area contributed by atoms with Gasteiger partial charge in [-0.3, -0.25) is 25.8 Å². The number of thiocarbonyl (C=S) groups is 1. The first kappa shape index (κ1) is 21.4. The van der Waals surface area contributed by atoms with Gasteiger partial charge >= 0.3 is 0 Å². The molecule has 0 saturated carbocycles. The summed E-state index contributed by atoms with van der Waals surface area (Å²) in [5.74, 6) is -0.298. The Bertz CT molecular complexity index is 892. The minimum Gasteiger partial charge on any atom is -0.484 e. The van der Waals surface area contributed by atoms with Gasteiger partial charge in [0.1, 0.15) is 5.75 Å². The maximum atomic E-state index is 12.1. The highest BCUT2D eigenvalue weighted by Gasteiger charge is 2.10. The predicted octanol–water partition coefficient (Wildman–Crippen LogP) is 3.28. The lowest BCUT2D eigenvalue weighted by molar-refractivity contribution is -0.123. The summed E-state index contributed by atoms with van der Waals surface area (Å²) in [5.41, 5.74) is 7.22. The molecule has 0 spiro atoms. The van der Waals surface area contributed by atoms with Crippen LogP contribution in [0, 0.1) is 17.4 Å². The second-order valence-electron chi connectivity index (χ2n) is 5.62. The molecule has 0 radical (unpaired) electrons. The van der Waals surface area contributed by atoms with Gasteiger partial charge in [-0.1, -0.05) is 17.7 Å². The molecular weight excluding hydrogens is 501 g/mol. The van der Waals surface area contributed by atoms with Crippen LogP contribution in [-0.2, 0) is 4.79 Å². The molecule has 2 aromatic rings. The fourth-order valence-electron chi connectivity index (χ4n) is 1.96. The Kier molecular flexibility index (Phi) is 7.81. The van der Waals surface area contributed by atoms with E-state index in [0.717, 1.165) is 14.7 Å². The molecule has 2 amide bonds. The first-order chi connectivity index (χ1) is 12.8. The van der Waals surface area contributed by atoms with Crippen molar-refractivity contribution in [1.82, 2.24) is 16.2 Å². The van der Waals surface area contributed by atoms with Gasteiger partial charge in [-0.05, 0) is 90.1 Å². The quantitative estimate of drug-likeness (QED) is 0.330. The Morgan fingerprint density at radius 1 is 1.11 bits per heavy atom. The van der Waals surface area contributed by atoms with Gasteiger partial charge in [0, 0.05) is 14.2 Å². The van der Waals surface area contributed by atoms with E-state index in [2.05, 4.69) is 38.8 Å². The number of hydrogen-bond acceptors (Lipinski definition) is 4. The monoisotopic (exact) mass is 517 g/mol. The Labute approximate surface area is 181 Å². The first-order valence-corrected chi connectivity index (χ1v) is 9.68. The Morgan fingerprint density at radius 2 is 1.85 bits per heavy atom. The van der Waals surface area contributed by atoms with Crippen molar-refractivity contribution in [3.8, 4) is 5.75 Å². The molecule has 0 unspecified atom stereocenters. The Morgan fingerprint density at radius 3 is 2.52 bits per heavy atom. The molecule has 0 fully saturated rings. The first-order valence-electron chi connectivity index (χ1n) is 7.81. The van der Waals surface area contributed by atoms with E-state index in [1.165, 1.54) is 0 Å². The highest BCUT2D eigenvalue weighted by atomic mass is 127. The molecule has 0 saturated heterocycles. The minimum absolute atomic E-state index is 0.0220. The second-order valence-corrected chi connectivity index (χ2v) is 7.60. The number of carbonyl (C=O) groups excluding carboxylic acids is 2. The minimum atomic E-state index is -0.455. The number of aryl methyl sites for hydroxylation is 2. The average molecular weight is 518 g/mol. The van der Waals surface area contributed by atoms with Crippen molar-refractivity contribution in [2.75, 3.05) is 6.61 Å². The highest BCUT2D eigenvalue weighted by Crippen LogP contribution is 2.20. The van der Waals surface area contributed by atoms with E-state index in [4.69, 9.17) is 28.6 Å². The lowest BCUT2D eigenvalue weighted by Gasteiger charge is -2.12. The van der Waals surface area contributed by atoms with E-state index in [1.807, 2.05) is 19.9 Å². The summed E-state index contributed by atoms with van der Waals surface area (Å²) in [4.78, 5) is 24.0. The summed E-state index contributed by atoms with van der Waals surface area (Å²) in [6.45, 7) is 3.58. The molecule has 6 nitrogen and oxygen atoms in total. The molecule has 9 heteroatoms. The fourth-order valence-corrected chi connectivity index (χ4v) is 2.74. The van der Waals surface area contributed by atoms with E-state index in [-0.39, 0.29) is 17.6 Å². The standard InChI is InChI=1S/C18H17ClIN3O3S/c1-10-3-4-12(8-15(10)20)17(25)21-18(27)23-22-16(24)9-26-13-5-6-14(19)11(2)7-13/h3-8H,9H2,1-2H3,(H,22,24)(H2,21,23,25,27). The molecule has 142 valence electrons. The van der Waals surface area contributed by atoms with E-state index in [0.29, 0.717) is 16.3 Å². The van der Waals surface area contributed by atoms with Crippen molar-refractivity contribution in [2.45, 2.75) is 13.8 Å². The molecule has 0 aliphatic carbocycles. The SMILES string of the molecule is Cc1cc(OCC(=O)NNC(=S)NC(=O)c2ccc(C)c(I)c2)ccc1Cl.